The van der Waals surface area contributed by atoms with Crippen LogP contribution in [0.4, 0.5) is 5.82 Å². The van der Waals surface area contributed by atoms with Gasteiger partial charge in [-0.3, -0.25) is 0 Å². The summed E-state index contributed by atoms with van der Waals surface area (Å²) in [7, 11) is 1.71. The molecule has 1 aromatic heterocycles. The van der Waals surface area contributed by atoms with Gasteiger partial charge in [-0.15, -0.1) is 6.58 Å². The molecule has 1 N–H and O–H groups in total. The SMILES string of the molecule is C=CCN(CCOC)c1cc(C(C)NCCC)ccn1. The average molecular weight is 277 g/mol. The predicted octanol–water partition coefficient (Wildman–Crippen LogP) is 2.78. The Morgan fingerprint density at radius 3 is 3.00 bits per heavy atom. The minimum Gasteiger partial charge on any atom is -0.383 e. The van der Waals surface area contributed by atoms with Crippen LogP contribution in [-0.2, 0) is 4.74 Å². The molecular weight excluding hydrogens is 250 g/mol. The van der Waals surface area contributed by atoms with Crippen molar-refractivity contribution in [3.63, 3.8) is 0 Å². The average Bonchev–Trinajstić information content (AvgIpc) is 2.49. The van der Waals surface area contributed by atoms with Crippen molar-refractivity contribution < 1.29 is 4.74 Å². The molecule has 0 aliphatic rings. The quantitative estimate of drug-likeness (QED) is 0.667. The molecule has 1 aromatic rings. The number of pyridine rings is 1. The molecule has 1 atom stereocenters. The van der Waals surface area contributed by atoms with Crippen molar-refractivity contribution in [1.82, 2.24) is 10.3 Å². The van der Waals surface area contributed by atoms with Crippen LogP contribution >= 0.6 is 0 Å². The lowest BCUT2D eigenvalue weighted by Gasteiger charge is -2.23. The van der Waals surface area contributed by atoms with E-state index in [4.69, 9.17) is 4.74 Å². The van der Waals surface area contributed by atoms with E-state index in [1.165, 1.54) is 5.56 Å². The van der Waals surface area contributed by atoms with Gasteiger partial charge in [-0.2, -0.15) is 0 Å². The number of hydrogen-bond donors (Lipinski definition) is 1. The summed E-state index contributed by atoms with van der Waals surface area (Å²) in [5.74, 6) is 0.976. The Balaban J connectivity index is 2.79. The minimum atomic E-state index is 0.338. The summed E-state index contributed by atoms with van der Waals surface area (Å²) in [4.78, 5) is 6.64. The Kier molecular flexibility index (Phi) is 7.92. The van der Waals surface area contributed by atoms with E-state index in [9.17, 15) is 0 Å². The van der Waals surface area contributed by atoms with E-state index in [-0.39, 0.29) is 0 Å². The summed E-state index contributed by atoms with van der Waals surface area (Å²) in [6, 6.07) is 4.55. The molecule has 0 fully saturated rings. The van der Waals surface area contributed by atoms with Crippen LogP contribution in [0.5, 0.6) is 0 Å². The number of nitrogens with zero attached hydrogens (tertiary/aromatic N) is 2. The van der Waals surface area contributed by atoms with E-state index in [1.54, 1.807) is 7.11 Å². The van der Waals surface area contributed by atoms with Crippen LogP contribution < -0.4 is 10.2 Å². The number of anilines is 1. The third-order valence-electron chi connectivity index (χ3n) is 3.21. The van der Waals surface area contributed by atoms with E-state index < -0.39 is 0 Å². The van der Waals surface area contributed by atoms with Gasteiger partial charge in [-0.25, -0.2) is 4.98 Å². The summed E-state index contributed by atoms with van der Waals surface area (Å²) in [6.07, 6.45) is 4.90. The van der Waals surface area contributed by atoms with Crippen LogP contribution in [0.15, 0.2) is 31.0 Å². The maximum atomic E-state index is 5.15. The smallest absolute Gasteiger partial charge is 0.129 e. The second kappa shape index (κ2) is 9.50. The highest BCUT2D eigenvalue weighted by molar-refractivity contribution is 5.42. The molecule has 0 radical (unpaired) electrons. The fourth-order valence-electron chi connectivity index (χ4n) is 2.01. The van der Waals surface area contributed by atoms with Gasteiger partial charge in [0.2, 0.25) is 0 Å². The van der Waals surface area contributed by atoms with Gasteiger partial charge in [0.15, 0.2) is 0 Å². The highest BCUT2D eigenvalue weighted by Crippen LogP contribution is 2.18. The molecular formula is C16H27N3O. The molecule has 112 valence electrons. The number of methoxy groups -OCH3 is 1. The predicted molar refractivity (Wildman–Crippen MR) is 85.2 cm³/mol. The maximum Gasteiger partial charge on any atom is 0.129 e. The lowest BCUT2D eigenvalue weighted by atomic mass is 10.1. The lowest BCUT2D eigenvalue weighted by molar-refractivity contribution is 0.205. The van der Waals surface area contributed by atoms with E-state index in [0.29, 0.717) is 12.6 Å². The second-order valence-electron chi connectivity index (χ2n) is 4.85. The zero-order chi connectivity index (χ0) is 14.8. The largest absolute Gasteiger partial charge is 0.383 e. The molecule has 4 nitrogen and oxygen atoms in total. The summed E-state index contributed by atoms with van der Waals surface area (Å²) < 4.78 is 5.15. The van der Waals surface area contributed by atoms with Crippen molar-refractivity contribution >= 4 is 5.82 Å². The summed E-state index contributed by atoms with van der Waals surface area (Å²) >= 11 is 0. The first-order valence-corrected chi connectivity index (χ1v) is 7.27. The van der Waals surface area contributed by atoms with Gasteiger partial charge >= 0.3 is 0 Å². The fourth-order valence-corrected chi connectivity index (χ4v) is 2.01. The second-order valence-corrected chi connectivity index (χ2v) is 4.85. The van der Waals surface area contributed by atoms with Gasteiger partial charge in [0, 0.05) is 32.4 Å². The molecule has 0 aliphatic heterocycles. The van der Waals surface area contributed by atoms with Crippen molar-refractivity contribution in [2.45, 2.75) is 26.3 Å². The molecule has 4 heteroatoms. The van der Waals surface area contributed by atoms with Crippen LogP contribution in [-0.4, -0.2) is 38.3 Å². The summed E-state index contributed by atoms with van der Waals surface area (Å²) in [6.45, 7) is 11.5. The molecule has 20 heavy (non-hydrogen) atoms. The van der Waals surface area contributed by atoms with E-state index in [0.717, 1.165) is 31.9 Å². The topological polar surface area (TPSA) is 37.4 Å². The van der Waals surface area contributed by atoms with E-state index >= 15 is 0 Å². The van der Waals surface area contributed by atoms with Crippen molar-refractivity contribution in [2.24, 2.45) is 0 Å². The number of hydrogen-bond acceptors (Lipinski definition) is 4. The maximum absolute atomic E-state index is 5.15. The van der Waals surface area contributed by atoms with Crippen LogP contribution in [0.2, 0.25) is 0 Å². The standard InChI is InChI=1S/C16H27N3O/c1-5-8-17-14(3)15-7-9-18-16(13-15)19(10-6-2)11-12-20-4/h6-7,9,13-14,17H,2,5,8,10-12H2,1,3-4H3. The number of rotatable bonds is 10. The monoisotopic (exact) mass is 277 g/mol. The van der Waals surface area contributed by atoms with Crippen molar-refractivity contribution in [3.8, 4) is 0 Å². The van der Waals surface area contributed by atoms with Gasteiger partial charge in [0.25, 0.3) is 0 Å². The molecule has 0 saturated heterocycles. The van der Waals surface area contributed by atoms with Gasteiger partial charge in [0.1, 0.15) is 5.82 Å². The zero-order valence-corrected chi connectivity index (χ0v) is 12.9. The van der Waals surface area contributed by atoms with Gasteiger partial charge in [-0.05, 0) is 37.6 Å². The van der Waals surface area contributed by atoms with Gasteiger partial charge in [-0.1, -0.05) is 13.0 Å². The Labute approximate surface area is 122 Å². The normalized spacial score (nSPS) is 12.2. The third-order valence-corrected chi connectivity index (χ3v) is 3.21. The lowest BCUT2D eigenvalue weighted by Crippen LogP contribution is -2.28. The van der Waals surface area contributed by atoms with Gasteiger partial charge in [0.05, 0.1) is 6.61 Å². The third kappa shape index (κ3) is 5.31. The summed E-state index contributed by atoms with van der Waals surface area (Å²) in [5.41, 5.74) is 1.26. The van der Waals surface area contributed by atoms with Crippen molar-refractivity contribution in [2.75, 3.05) is 38.3 Å². The first-order chi connectivity index (χ1) is 9.72. The Bertz CT molecular complexity index is 395. The molecule has 0 amide bonds. The first kappa shape index (κ1) is 16.7. The minimum absolute atomic E-state index is 0.338. The molecule has 1 unspecified atom stereocenters. The zero-order valence-electron chi connectivity index (χ0n) is 12.9. The Hall–Kier alpha value is -1.39. The molecule has 0 bridgehead atoms. The molecule has 0 aliphatic carbocycles. The van der Waals surface area contributed by atoms with Crippen LogP contribution in [0, 0.1) is 0 Å². The highest BCUT2D eigenvalue weighted by Gasteiger charge is 2.10. The van der Waals surface area contributed by atoms with Crippen LogP contribution in [0.25, 0.3) is 0 Å². The molecule has 0 saturated carbocycles. The van der Waals surface area contributed by atoms with Crippen LogP contribution in [0.1, 0.15) is 31.9 Å². The number of ether oxygens (including phenoxy) is 1. The molecule has 0 spiro atoms. The number of nitrogens with one attached hydrogen (secondary N) is 1. The molecule has 0 aromatic carbocycles. The Morgan fingerprint density at radius 1 is 1.55 bits per heavy atom. The van der Waals surface area contributed by atoms with Crippen molar-refractivity contribution in [3.05, 3.63) is 36.5 Å². The first-order valence-electron chi connectivity index (χ1n) is 7.27. The van der Waals surface area contributed by atoms with Gasteiger partial charge < -0.3 is 15.0 Å². The van der Waals surface area contributed by atoms with Crippen LogP contribution in [0.3, 0.4) is 0 Å². The summed E-state index contributed by atoms with van der Waals surface area (Å²) in [5, 5.41) is 3.50. The number of aromatic nitrogens is 1. The fraction of sp³-hybridized carbons (Fsp3) is 0.562. The van der Waals surface area contributed by atoms with E-state index in [2.05, 4.69) is 47.8 Å². The molecule has 1 heterocycles. The van der Waals surface area contributed by atoms with Crippen molar-refractivity contribution in [1.29, 1.82) is 0 Å². The highest BCUT2D eigenvalue weighted by atomic mass is 16.5. The van der Waals surface area contributed by atoms with E-state index in [1.807, 2.05) is 12.3 Å². The Morgan fingerprint density at radius 2 is 2.35 bits per heavy atom. The molecule has 1 rings (SSSR count).